The van der Waals surface area contributed by atoms with E-state index in [1.807, 2.05) is 37.3 Å². The van der Waals surface area contributed by atoms with Crippen LogP contribution in [0.15, 0.2) is 34.7 Å². The summed E-state index contributed by atoms with van der Waals surface area (Å²) in [5.74, 6) is -0.694. The number of halogens is 3. The van der Waals surface area contributed by atoms with Gasteiger partial charge in [0.05, 0.1) is 12.0 Å². The Morgan fingerprint density at radius 2 is 2.04 bits per heavy atom. The summed E-state index contributed by atoms with van der Waals surface area (Å²) in [4.78, 5) is 14.0. The third-order valence-corrected chi connectivity index (χ3v) is 5.22. The van der Waals surface area contributed by atoms with Gasteiger partial charge in [0.15, 0.2) is 0 Å². The third-order valence-electron chi connectivity index (χ3n) is 5.22. The number of benzene rings is 1. The van der Waals surface area contributed by atoms with Crippen molar-refractivity contribution >= 4 is 17.0 Å². The summed E-state index contributed by atoms with van der Waals surface area (Å²) in [5.41, 5.74) is 0.739. The molecule has 1 saturated carbocycles. The second-order valence-electron chi connectivity index (χ2n) is 7.03. The van der Waals surface area contributed by atoms with Gasteiger partial charge in [-0.15, -0.1) is 0 Å². The molecule has 0 radical (unpaired) electrons. The summed E-state index contributed by atoms with van der Waals surface area (Å²) in [7, 11) is 1.62. The van der Waals surface area contributed by atoms with Crippen LogP contribution >= 0.6 is 0 Å². The topological polar surface area (TPSA) is 45.5 Å². The van der Waals surface area contributed by atoms with Crippen LogP contribution in [0.25, 0.3) is 11.0 Å². The average molecular weight is 368 g/mol. The Balaban J connectivity index is 1.63. The number of carbonyl (C=O) groups excluding carboxylic acids is 1. The highest BCUT2D eigenvalue weighted by molar-refractivity contribution is 5.78. The molecule has 0 spiro atoms. The molecule has 1 fully saturated rings. The Bertz CT molecular complexity index is 738. The van der Waals surface area contributed by atoms with Crippen LogP contribution in [0.2, 0.25) is 0 Å². The van der Waals surface area contributed by atoms with Gasteiger partial charge in [0, 0.05) is 18.5 Å². The lowest BCUT2D eigenvalue weighted by molar-refractivity contribution is -0.183. The Labute approximate surface area is 150 Å². The zero-order valence-corrected chi connectivity index (χ0v) is 14.8. The quantitative estimate of drug-likeness (QED) is 0.804. The molecule has 2 amide bonds. The molecule has 1 N–H and O–H groups in total. The number of urea groups is 1. The zero-order valence-electron chi connectivity index (χ0n) is 14.8. The lowest BCUT2D eigenvalue weighted by atomic mass is 9.85. The van der Waals surface area contributed by atoms with Gasteiger partial charge in [-0.25, -0.2) is 4.79 Å². The molecule has 142 valence electrons. The normalized spacial score (nSPS) is 22.2. The van der Waals surface area contributed by atoms with Crippen LogP contribution in [0.4, 0.5) is 18.0 Å². The fraction of sp³-hybridized carbons (Fsp3) is 0.526. The van der Waals surface area contributed by atoms with E-state index in [4.69, 9.17) is 4.42 Å². The van der Waals surface area contributed by atoms with E-state index >= 15 is 0 Å². The average Bonchev–Trinajstić information content (AvgIpc) is 3.04. The smallest absolute Gasteiger partial charge is 0.391 e. The van der Waals surface area contributed by atoms with E-state index in [0.717, 1.165) is 11.0 Å². The molecule has 1 aromatic carbocycles. The summed E-state index contributed by atoms with van der Waals surface area (Å²) >= 11 is 0. The van der Waals surface area contributed by atoms with Crippen molar-refractivity contribution in [3.8, 4) is 0 Å². The van der Waals surface area contributed by atoms with Crippen molar-refractivity contribution in [2.75, 3.05) is 7.05 Å². The molecule has 1 aliphatic rings. The molecule has 3 atom stereocenters. The van der Waals surface area contributed by atoms with Crippen LogP contribution in [0.1, 0.15) is 44.4 Å². The maximum atomic E-state index is 12.9. The number of hydrogen-bond donors (Lipinski definition) is 1. The number of rotatable bonds is 3. The van der Waals surface area contributed by atoms with E-state index in [1.54, 1.807) is 7.05 Å². The fourth-order valence-corrected chi connectivity index (χ4v) is 3.47. The van der Waals surface area contributed by atoms with Gasteiger partial charge in [-0.05, 0) is 38.3 Å². The standard InChI is InChI=1S/C19H23F3N2O2/c1-12(17-10-13-6-3-4-9-16(13)26-17)24(2)18(25)23-15-8-5-7-14(11-15)19(20,21)22/h3-4,6,9-10,12,14-15H,5,7-8,11H2,1-2H3,(H,23,25). The minimum atomic E-state index is -4.20. The van der Waals surface area contributed by atoms with E-state index in [0.29, 0.717) is 18.6 Å². The number of furan rings is 1. The molecular formula is C19H23F3N2O2. The van der Waals surface area contributed by atoms with Gasteiger partial charge in [0.2, 0.25) is 0 Å². The fourth-order valence-electron chi connectivity index (χ4n) is 3.47. The first-order valence-corrected chi connectivity index (χ1v) is 8.84. The SMILES string of the molecule is CC(c1cc2ccccc2o1)N(C)C(=O)NC1CCCC(C(F)(F)F)C1. The number of amides is 2. The van der Waals surface area contributed by atoms with Crippen molar-refractivity contribution in [3.63, 3.8) is 0 Å². The van der Waals surface area contributed by atoms with Crippen LogP contribution in [0.5, 0.6) is 0 Å². The van der Waals surface area contributed by atoms with Crippen molar-refractivity contribution in [2.24, 2.45) is 5.92 Å². The monoisotopic (exact) mass is 368 g/mol. The van der Waals surface area contributed by atoms with Gasteiger partial charge in [-0.2, -0.15) is 13.2 Å². The molecule has 4 nitrogen and oxygen atoms in total. The molecular weight excluding hydrogens is 345 g/mol. The maximum absolute atomic E-state index is 12.9. The van der Waals surface area contributed by atoms with E-state index in [1.165, 1.54) is 4.90 Å². The number of nitrogens with one attached hydrogen (secondary N) is 1. The van der Waals surface area contributed by atoms with Crippen LogP contribution in [-0.4, -0.2) is 30.2 Å². The van der Waals surface area contributed by atoms with E-state index in [-0.39, 0.29) is 24.9 Å². The summed E-state index contributed by atoms with van der Waals surface area (Å²) in [6.07, 6.45) is -3.07. The minimum Gasteiger partial charge on any atom is -0.459 e. The van der Waals surface area contributed by atoms with Crippen LogP contribution in [-0.2, 0) is 0 Å². The van der Waals surface area contributed by atoms with Crippen LogP contribution in [0.3, 0.4) is 0 Å². The summed E-state index contributed by atoms with van der Waals surface area (Å²) in [5, 5.41) is 3.70. The molecule has 0 saturated heterocycles. The van der Waals surface area contributed by atoms with Crippen molar-refractivity contribution in [1.29, 1.82) is 0 Å². The number of carbonyl (C=O) groups is 1. The van der Waals surface area contributed by atoms with Crippen LogP contribution in [0, 0.1) is 5.92 Å². The minimum absolute atomic E-state index is 0.0535. The first kappa shape index (κ1) is 18.6. The molecule has 1 aromatic heterocycles. The van der Waals surface area contributed by atoms with Gasteiger partial charge >= 0.3 is 12.2 Å². The molecule has 0 bridgehead atoms. The third kappa shape index (κ3) is 3.97. The van der Waals surface area contributed by atoms with Crippen molar-refractivity contribution < 1.29 is 22.4 Å². The second-order valence-corrected chi connectivity index (χ2v) is 7.03. The van der Waals surface area contributed by atoms with E-state index in [9.17, 15) is 18.0 Å². The second kappa shape index (κ2) is 7.21. The maximum Gasteiger partial charge on any atom is 0.391 e. The number of para-hydroxylation sites is 1. The molecule has 26 heavy (non-hydrogen) atoms. The summed E-state index contributed by atoms with van der Waals surface area (Å²) in [6.45, 7) is 1.83. The predicted octanol–water partition coefficient (Wildman–Crippen LogP) is 5.26. The van der Waals surface area contributed by atoms with Crippen molar-refractivity contribution in [1.82, 2.24) is 10.2 Å². The highest BCUT2D eigenvalue weighted by Gasteiger charge is 2.42. The Hall–Kier alpha value is -2.18. The molecule has 3 rings (SSSR count). The lowest BCUT2D eigenvalue weighted by Crippen LogP contribution is -2.47. The highest BCUT2D eigenvalue weighted by Crippen LogP contribution is 2.37. The first-order valence-electron chi connectivity index (χ1n) is 8.84. The Morgan fingerprint density at radius 1 is 1.31 bits per heavy atom. The zero-order chi connectivity index (χ0) is 18.9. The van der Waals surface area contributed by atoms with Crippen molar-refractivity contribution in [3.05, 3.63) is 36.1 Å². The number of nitrogens with zero attached hydrogens (tertiary/aromatic N) is 1. The molecule has 0 aliphatic heterocycles. The first-order chi connectivity index (χ1) is 12.3. The molecule has 1 heterocycles. The number of fused-ring (bicyclic) bond motifs is 1. The van der Waals surface area contributed by atoms with E-state index < -0.39 is 18.1 Å². The molecule has 1 aliphatic carbocycles. The number of hydrogen-bond acceptors (Lipinski definition) is 2. The Morgan fingerprint density at radius 3 is 2.73 bits per heavy atom. The molecule has 3 unspecified atom stereocenters. The number of alkyl halides is 3. The summed E-state index contributed by atoms with van der Waals surface area (Å²) in [6, 6.07) is 8.27. The van der Waals surface area contributed by atoms with Crippen molar-refractivity contribution in [2.45, 2.75) is 50.9 Å². The van der Waals surface area contributed by atoms with Crippen LogP contribution < -0.4 is 5.32 Å². The highest BCUT2D eigenvalue weighted by atomic mass is 19.4. The molecule has 7 heteroatoms. The predicted molar refractivity (Wildman–Crippen MR) is 92.7 cm³/mol. The van der Waals surface area contributed by atoms with Gasteiger partial charge in [0.25, 0.3) is 0 Å². The summed E-state index contributed by atoms with van der Waals surface area (Å²) < 4.78 is 44.6. The Kier molecular flexibility index (Phi) is 5.16. The largest absolute Gasteiger partial charge is 0.459 e. The van der Waals surface area contributed by atoms with Gasteiger partial charge < -0.3 is 14.6 Å². The molecule has 2 aromatic rings. The lowest BCUT2D eigenvalue weighted by Gasteiger charge is -2.33. The van der Waals surface area contributed by atoms with Gasteiger partial charge in [-0.3, -0.25) is 0 Å². The van der Waals surface area contributed by atoms with Gasteiger partial charge in [-0.1, -0.05) is 24.6 Å². The van der Waals surface area contributed by atoms with E-state index in [2.05, 4.69) is 5.32 Å². The van der Waals surface area contributed by atoms with Gasteiger partial charge in [0.1, 0.15) is 11.3 Å².